The fourth-order valence-electron chi connectivity index (χ4n) is 13.9. The Morgan fingerprint density at radius 3 is 1.34 bits per heavy atom. The summed E-state index contributed by atoms with van der Waals surface area (Å²) in [6.45, 7) is 2.17. The summed E-state index contributed by atoms with van der Waals surface area (Å²) in [6, 6.07) is -2.61. The first-order valence-corrected chi connectivity index (χ1v) is 39.6. The molecule has 99 heavy (non-hydrogen) atoms. The van der Waals surface area contributed by atoms with E-state index in [4.69, 9.17) is 28.4 Å². The number of unbranched alkanes of at least 4 members (excludes halogenated alkanes) is 42. The highest BCUT2D eigenvalue weighted by atomic mass is 16.8. The fourth-order valence-corrected chi connectivity index (χ4v) is 13.9. The van der Waals surface area contributed by atoms with E-state index in [2.05, 4.69) is 24.5 Å². The summed E-state index contributed by atoms with van der Waals surface area (Å²) in [5.74, 6) is -6.13. The molecule has 582 valence electrons. The number of nitrogens with one attached hydrogen (secondary N) is 2. The van der Waals surface area contributed by atoms with E-state index >= 15 is 0 Å². The van der Waals surface area contributed by atoms with Crippen LogP contribution in [0.5, 0.6) is 0 Å². The number of hydrogen-bond donors (Lipinski definition) is 14. The lowest BCUT2D eigenvalue weighted by Gasteiger charge is -2.50. The molecule has 0 bridgehead atoms. The summed E-state index contributed by atoms with van der Waals surface area (Å²) in [6.07, 6.45) is 29.9. The number of hydrogen-bond acceptors (Lipinski definition) is 20. The number of aliphatic hydroxyl groups is 11. The van der Waals surface area contributed by atoms with Crippen LogP contribution in [0.2, 0.25) is 0 Å². The van der Waals surface area contributed by atoms with Gasteiger partial charge in [-0.05, 0) is 19.3 Å². The molecule has 23 heteroatoms. The van der Waals surface area contributed by atoms with Gasteiger partial charge >= 0.3 is 5.97 Å². The van der Waals surface area contributed by atoms with Crippen molar-refractivity contribution < 1.29 is 104 Å². The molecule has 3 heterocycles. The molecule has 3 saturated heterocycles. The van der Waals surface area contributed by atoms with Gasteiger partial charge < -0.3 is 100 Å². The molecule has 0 saturated carbocycles. The van der Waals surface area contributed by atoms with E-state index < -0.39 is 155 Å². The number of aliphatic hydroxyl groups excluding tert-OH is 11. The first kappa shape index (κ1) is 90.7. The summed E-state index contributed by atoms with van der Waals surface area (Å²) in [5, 5.41) is 136. The van der Waals surface area contributed by atoms with Crippen molar-refractivity contribution in [1.82, 2.24) is 10.6 Å². The van der Waals surface area contributed by atoms with Gasteiger partial charge in [0.25, 0.3) is 5.79 Å². The zero-order chi connectivity index (χ0) is 72.5. The molecule has 0 spiro atoms. The number of rotatable bonds is 62. The highest BCUT2D eigenvalue weighted by Gasteiger charge is 2.60. The highest BCUT2D eigenvalue weighted by molar-refractivity contribution is 5.77. The van der Waals surface area contributed by atoms with Crippen molar-refractivity contribution in [3.05, 3.63) is 12.2 Å². The number of ether oxygens (including phenoxy) is 6. The predicted octanol–water partition coefficient (Wildman–Crippen LogP) is 9.80. The fraction of sp³-hybridized carbons (Fsp3) is 0.934. The number of aliphatic carboxylic acids is 1. The third-order valence-electron chi connectivity index (χ3n) is 20.2. The van der Waals surface area contributed by atoms with Crippen LogP contribution in [0.1, 0.15) is 316 Å². The van der Waals surface area contributed by atoms with Gasteiger partial charge in [0.05, 0.1) is 50.7 Å². The molecular weight excluding hydrogens is 1280 g/mol. The van der Waals surface area contributed by atoms with E-state index in [0.29, 0.717) is 12.8 Å². The number of carboxylic acid groups (broad SMARTS) is 1. The Morgan fingerprint density at radius 1 is 0.525 bits per heavy atom. The smallest absolute Gasteiger partial charge is 0.364 e. The minimum absolute atomic E-state index is 0.205. The Morgan fingerprint density at radius 2 is 0.939 bits per heavy atom. The largest absolute Gasteiger partial charge is 0.477 e. The lowest BCUT2D eigenvalue weighted by atomic mass is 9.88. The number of carbonyl (C=O) groups is 3. The van der Waals surface area contributed by atoms with Gasteiger partial charge in [-0.3, -0.25) is 9.59 Å². The molecule has 3 aliphatic rings. The third-order valence-corrected chi connectivity index (χ3v) is 20.2. The van der Waals surface area contributed by atoms with Gasteiger partial charge in [-0.25, -0.2) is 4.79 Å². The first-order valence-electron chi connectivity index (χ1n) is 39.6. The molecule has 0 aromatic carbocycles. The number of carbonyl (C=O) groups excluding carboxylic acids is 2. The van der Waals surface area contributed by atoms with Gasteiger partial charge in [0.1, 0.15) is 67.1 Å². The second kappa shape index (κ2) is 55.9. The Bertz CT molecular complexity index is 2030. The Balaban J connectivity index is 1.47. The molecule has 3 fully saturated rings. The zero-order valence-corrected chi connectivity index (χ0v) is 61.4. The van der Waals surface area contributed by atoms with Crippen molar-refractivity contribution in [2.24, 2.45) is 0 Å². The summed E-state index contributed by atoms with van der Waals surface area (Å²) in [7, 11) is 0. The van der Waals surface area contributed by atoms with E-state index in [9.17, 15) is 75.7 Å². The summed E-state index contributed by atoms with van der Waals surface area (Å²) < 4.78 is 34.9. The van der Waals surface area contributed by atoms with E-state index in [-0.39, 0.29) is 12.3 Å². The van der Waals surface area contributed by atoms with E-state index in [0.717, 1.165) is 51.9 Å². The first-order chi connectivity index (χ1) is 47.9. The van der Waals surface area contributed by atoms with E-state index in [1.807, 2.05) is 6.08 Å². The average molecular weight is 1420 g/mol. The highest BCUT2D eigenvalue weighted by Crippen LogP contribution is 2.39. The predicted molar refractivity (Wildman–Crippen MR) is 380 cm³/mol. The van der Waals surface area contributed by atoms with Gasteiger partial charge in [0.15, 0.2) is 12.6 Å². The van der Waals surface area contributed by atoms with Gasteiger partial charge in [-0.15, -0.1) is 0 Å². The minimum atomic E-state index is -3.08. The molecule has 0 aliphatic carbocycles. The van der Waals surface area contributed by atoms with Crippen LogP contribution < -0.4 is 10.6 Å². The van der Waals surface area contributed by atoms with Crippen molar-refractivity contribution in [2.45, 2.75) is 426 Å². The second-order valence-electron chi connectivity index (χ2n) is 28.9. The standard InChI is InChI=1S/C76H142N2O21/c1-4-6-8-10-12-14-16-18-20-21-22-23-24-25-26-27-28-29-30-31-32-33-34-35-36-38-40-42-44-46-48-50-63(86)78-57(58(83)49-47-45-43-41-39-37-19-17-15-13-11-9-7-5-2)55-94-73-68(90)67(89)70(62(54-81)96-73)97-74-69(91)72(66(88)61(53-80)95-74)99-76(75(92)93)51-59(84)64(77-56(3)82)71(98-76)65(87)60(85)52-79/h47,49,57-62,64-74,79-81,83-85,87-91H,4-46,48,50-55H2,1-3H3,(H,77,82)(H,78,86)(H,92,93)/b49-47+. The molecule has 2 amide bonds. The average Bonchev–Trinajstić information content (AvgIpc) is 0.737. The van der Waals surface area contributed by atoms with Crippen LogP contribution in [0.4, 0.5) is 0 Å². The number of allylic oxidation sites excluding steroid dienone is 1. The van der Waals surface area contributed by atoms with Crippen molar-refractivity contribution in [3.63, 3.8) is 0 Å². The quantitative estimate of drug-likeness (QED) is 0.0199. The summed E-state index contributed by atoms with van der Waals surface area (Å²) in [4.78, 5) is 38.6. The van der Waals surface area contributed by atoms with Crippen LogP contribution in [-0.2, 0) is 42.8 Å². The van der Waals surface area contributed by atoms with Crippen molar-refractivity contribution in [1.29, 1.82) is 0 Å². The molecule has 0 aromatic rings. The van der Waals surface area contributed by atoms with Crippen molar-refractivity contribution >= 4 is 17.8 Å². The maximum atomic E-state index is 13.5. The minimum Gasteiger partial charge on any atom is -0.477 e. The third kappa shape index (κ3) is 36.8. The van der Waals surface area contributed by atoms with Crippen LogP contribution in [0.15, 0.2) is 12.2 Å². The molecule has 14 N–H and O–H groups in total. The van der Waals surface area contributed by atoms with Gasteiger partial charge in [0.2, 0.25) is 11.8 Å². The van der Waals surface area contributed by atoms with Crippen LogP contribution >= 0.6 is 0 Å². The maximum Gasteiger partial charge on any atom is 0.364 e. The number of carboxylic acids is 1. The molecule has 0 radical (unpaired) electrons. The van der Waals surface area contributed by atoms with Crippen molar-refractivity contribution in [2.75, 3.05) is 26.4 Å². The van der Waals surface area contributed by atoms with E-state index in [1.54, 1.807) is 6.08 Å². The van der Waals surface area contributed by atoms with Crippen molar-refractivity contribution in [3.8, 4) is 0 Å². The molecule has 0 aromatic heterocycles. The van der Waals surface area contributed by atoms with Gasteiger partial charge in [-0.1, -0.05) is 289 Å². The Hall–Kier alpha value is -2.53. The molecule has 18 atom stereocenters. The maximum absolute atomic E-state index is 13.5. The second-order valence-corrected chi connectivity index (χ2v) is 28.9. The van der Waals surface area contributed by atoms with Crippen LogP contribution in [0, 0.1) is 0 Å². The lowest BCUT2D eigenvalue weighted by molar-refractivity contribution is -0.386. The monoisotopic (exact) mass is 1420 g/mol. The summed E-state index contributed by atoms with van der Waals surface area (Å²) in [5.41, 5.74) is 0. The molecular formula is C76H142N2O21. The molecule has 3 aliphatic heterocycles. The van der Waals surface area contributed by atoms with Crippen LogP contribution in [-0.4, -0.2) is 215 Å². The Kier molecular flexibility index (Phi) is 51.2. The molecule has 3 rings (SSSR count). The summed E-state index contributed by atoms with van der Waals surface area (Å²) >= 11 is 0. The van der Waals surface area contributed by atoms with Gasteiger partial charge in [-0.2, -0.15) is 0 Å². The SMILES string of the molecule is CCCCCCCCCCCCCC/C=C/C(O)C(COC1OC(CO)C(OC2OC(CO)C(O)C(OC3(C(=O)O)CC(O)C(NC(C)=O)C(C(O)C(O)CO)O3)C2O)C(O)C1O)NC(=O)CCCCCCCCCCCCCCCCCCCCCCCCCCCCCCCCC. The Labute approximate surface area is 594 Å². The van der Waals surface area contributed by atoms with Crippen LogP contribution in [0.3, 0.4) is 0 Å². The molecule has 18 unspecified atom stereocenters. The topological polar surface area (TPSA) is 373 Å². The van der Waals surface area contributed by atoms with E-state index in [1.165, 1.54) is 225 Å². The van der Waals surface area contributed by atoms with Gasteiger partial charge in [0, 0.05) is 19.8 Å². The zero-order valence-electron chi connectivity index (χ0n) is 61.4. The number of amides is 2. The molecule has 23 nitrogen and oxygen atoms in total. The lowest BCUT2D eigenvalue weighted by Crippen LogP contribution is -2.70. The normalized spacial score (nSPS) is 27.1. The van der Waals surface area contributed by atoms with Crippen LogP contribution in [0.25, 0.3) is 0 Å².